The largest absolute Gasteiger partial charge is 0.496 e. The van der Waals surface area contributed by atoms with Gasteiger partial charge in [-0.1, -0.05) is 58.4 Å². The molecule has 1 aromatic carbocycles. The first-order chi connectivity index (χ1) is 23.0. The van der Waals surface area contributed by atoms with E-state index < -0.39 is 23.6 Å². The van der Waals surface area contributed by atoms with Crippen LogP contribution in [0.3, 0.4) is 0 Å². The summed E-state index contributed by atoms with van der Waals surface area (Å²) < 4.78 is 15.4. The van der Waals surface area contributed by atoms with Crippen molar-refractivity contribution in [2.24, 2.45) is 35.0 Å². The fourth-order valence-corrected chi connectivity index (χ4v) is 8.25. The van der Waals surface area contributed by atoms with Gasteiger partial charge in [0, 0.05) is 28.9 Å². The maximum atomic E-state index is 13.6. The minimum Gasteiger partial charge on any atom is -0.496 e. The number of anilines is 1. The molecule has 0 aliphatic heterocycles. The molecule has 0 radical (unpaired) electrons. The molecule has 2 fully saturated rings. The van der Waals surface area contributed by atoms with Crippen molar-refractivity contribution in [3.8, 4) is 17.0 Å². The number of nitrogens with zero attached hydrogens (tertiary/aromatic N) is 7. The molecule has 0 spiro atoms. The molecular weight excluding hydrogens is 612 g/mol. The highest BCUT2D eigenvalue weighted by atomic mass is 16.5. The summed E-state index contributed by atoms with van der Waals surface area (Å²) in [6.07, 6.45) is 6.29. The number of nitrogen functional groups attached to an aromatic ring is 1. The van der Waals surface area contributed by atoms with Crippen molar-refractivity contribution in [1.29, 1.82) is 0 Å². The Morgan fingerprint density at radius 2 is 2.02 bits per heavy atom. The third kappa shape index (κ3) is 5.93. The Morgan fingerprint density at radius 1 is 1.23 bits per heavy atom. The average Bonchev–Trinajstić information content (AvgIpc) is 3.82. The number of aromatic nitrogens is 7. The summed E-state index contributed by atoms with van der Waals surface area (Å²) in [5.74, 6) is 0.567. The molecule has 0 saturated heterocycles. The zero-order valence-corrected chi connectivity index (χ0v) is 28.5. The minimum absolute atomic E-state index is 0.00236. The van der Waals surface area contributed by atoms with Gasteiger partial charge in [-0.2, -0.15) is 0 Å². The molecule has 48 heavy (non-hydrogen) atoms. The first kappa shape index (κ1) is 33.5. The number of imidazole rings is 1. The van der Waals surface area contributed by atoms with Crippen LogP contribution in [0.1, 0.15) is 65.9 Å². The number of Topliss-reactive ketones (excluding diaryl/α,β-unsaturated/α-hetero) is 1. The summed E-state index contributed by atoms with van der Waals surface area (Å²) in [5, 5.41) is 19.8. The second kappa shape index (κ2) is 13.3. The molecule has 8 atom stereocenters. The van der Waals surface area contributed by atoms with E-state index in [1.54, 1.807) is 19.6 Å². The van der Waals surface area contributed by atoms with Crippen LogP contribution in [-0.4, -0.2) is 70.7 Å². The summed E-state index contributed by atoms with van der Waals surface area (Å²) in [4.78, 5) is 39.7. The van der Waals surface area contributed by atoms with Gasteiger partial charge in [0.2, 0.25) is 0 Å². The van der Waals surface area contributed by atoms with Crippen molar-refractivity contribution in [2.75, 3.05) is 12.8 Å². The van der Waals surface area contributed by atoms with Crippen LogP contribution in [0.15, 0.2) is 37.1 Å². The van der Waals surface area contributed by atoms with E-state index in [2.05, 4.69) is 53.0 Å². The molecule has 6 rings (SSSR count). The smallest absolute Gasteiger partial charge is 0.328 e. The Bertz CT molecular complexity index is 1800. The summed E-state index contributed by atoms with van der Waals surface area (Å²) in [6, 6.07) is 5.73. The second-order valence-corrected chi connectivity index (χ2v) is 14.0. The highest BCUT2D eigenvalue weighted by Crippen LogP contribution is 2.55. The van der Waals surface area contributed by atoms with Crippen LogP contribution in [0.5, 0.6) is 5.75 Å². The van der Waals surface area contributed by atoms with Crippen LogP contribution in [0.25, 0.3) is 22.4 Å². The first-order valence-corrected chi connectivity index (χ1v) is 16.8. The number of esters is 1. The van der Waals surface area contributed by atoms with Crippen LogP contribution in [0, 0.1) is 35.0 Å². The van der Waals surface area contributed by atoms with Gasteiger partial charge in [-0.05, 0) is 42.6 Å². The van der Waals surface area contributed by atoms with E-state index in [1.807, 2.05) is 29.7 Å². The van der Waals surface area contributed by atoms with Crippen LogP contribution < -0.4 is 10.5 Å². The maximum absolute atomic E-state index is 13.6. The number of benzene rings is 1. The van der Waals surface area contributed by atoms with Crippen molar-refractivity contribution in [1.82, 2.24) is 34.5 Å². The Labute approximate surface area is 280 Å². The number of ether oxygens (including phenoxy) is 2. The monoisotopic (exact) mass is 658 g/mol. The topological polar surface area (TPSA) is 173 Å². The summed E-state index contributed by atoms with van der Waals surface area (Å²) in [6.45, 7) is 10.8. The molecule has 13 nitrogen and oxygen atoms in total. The number of hydrogen-bond donors (Lipinski definition) is 2. The number of rotatable bonds is 9. The number of aliphatic hydroxyl groups is 1. The Hall–Kier alpha value is -4.39. The number of nitrogens with two attached hydrogens (primary N) is 1. The minimum atomic E-state index is -0.570. The molecule has 13 heteroatoms. The third-order valence-corrected chi connectivity index (χ3v) is 11.4. The van der Waals surface area contributed by atoms with Crippen molar-refractivity contribution >= 4 is 28.7 Å². The van der Waals surface area contributed by atoms with Crippen molar-refractivity contribution in [2.45, 2.75) is 85.6 Å². The number of methoxy groups -OCH3 is 1. The molecule has 256 valence electrons. The summed E-state index contributed by atoms with van der Waals surface area (Å²) >= 11 is 0. The van der Waals surface area contributed by atoms with Crippen LogP contribution >= 0.6 is 0 Å². The number of hydrogen-bond acceptors (Lipinski definition) is 11. The van der Waals surface area contributed by atoms with Crippen LogP contribution in [0.2, 0.25) is 0 Å². The van der Waals surface area contributed by atoms with Crippen molar-refractivity contribution in [3.63, 3.8) is 0 Å². The second-order valence-electron chi connectivity index (χ2n) is 14.0. The lowest BCUT2D eigenvalue weighted by Crippen LogP contribution is -2.54. The lowest BCUT2D eigenvalue weighted by atomic mass is 9.55. The molecular formula is C35H46N8O5. The van der Waals surface area contributed by atoms with Crippen LogP contribution in [-0.2, 0) is 27.4 Å². The van der Waals surface area contributed by atoms with Gasteiger partial charge < -0.3 is 24.9 Å². The van der Waals surface area contributed by atoms with Gasteiger partial charge in [0.05, 0.1) is 32.3 Å². The van der Waals surface area contributed by atoms with E-state index in [-0.39, 0.29) is 41.9 Å². The highest BCUT2D eigenvalue weighted by Gasteiger charge is 2.58. The average molecular weight is 659 g/mol. The van der Waals surface area contributed by atoms with Gasteiger partial charge >= 0.3 is 5.97 Å². The fraction of sp³-hybridized carbons (Fsp3) is 0.571. The third-order valence-electron chi connectivity index (χ3n) is 11.4. The van der Waals surface area contributed by atoms with E-state index in [9.17, 15) is 14.7 Å². The zero-order chi connectivity index (χ0) is 34.3. The van der Waals surface area contributed by atoms with Gasteiger partial charge in [-0.15, -0.1) is 5.10 Å². The number of aliphatic hydroxyl groups excluding tert-OH is 1. The SMILES string of the molecule is CCC(C)[C@]1(C)[C@@H]2C(=O)CCC2[C@@H](C)[C@H](O)[C@@H](C)C[C@H]1OC(=O)Cn1cc(-c2ccc(Cn3cnc4c(N)ncnc43)c(OC)c2)nn1. The lowest BCUT2D eigenvalue weighted by Gasteiger charge is -2.51. The number of ketones is 1. The van der Waals surface area contributed by atoms with E-state index in [0.717, 1.165) is 24.0 Å². The van der Waals surface area contributed by atoms with Crippen molar-refractivity contribution in [3.05, 3.63) is 42.6 Å². The number of carbonyl (C=O) groups excluding carboxylic acids is 2. The molecule has 0 amide bonds. The Morgan fingerprint density at radius 3 is 2.77 bits per heavy atom. The summed E-state index contributed by atoms with van der Waals surface area (Å²) in [7, 11) is 1.60. The standard InChI is InChI=1S/C35H46N8O5/c1-7-20(3)35(5)28(12-19(2)32(46)21(4)24-10-11-26(44)30(24)35)48-29(45)16-43-15-25(40-41-43)22-8-9-23(27(13-22)47-6)14-42-18-39-31-33(36)37-17-38-34(31)42/h8-9,13,15,17-21,24,28,30,32,46H,7,10-12,14,16H2,1-6H3,(H2,36,37,38)/t19-,20?,21+,24?,28+,30-,32+,35-/m0/s1. The van der Waals surface area contributed by atoms with Crippen molar-refractivity contribution < 1.29 is 24.2 Å². The van der Waals surface area contributed by atoms with Gasteiger partial charge in [0.25, 0.3) is 0 Å². The van der Waals surface area contributed by atoms with Gasteiger partial charge in [-0.25, -0.2) is 19.6 Å². The molecule has 3 heterocycles. The van der Waals surface area contributed by atoms with E-state index in [4.69, 9.17) is 15.2 Å². The molecule has 4 aromatic rings. The Kier molecular flexibility index (Phi) is 9.25. The highest BCUT2D eigenvalue weighted by molar-refractivity contribution is 5.84. The number of carbonyl (C=O) groups is 2. The predicted octanol–water partition coefficient (Wildman–Crippen LogP) is 4.32. The Balaban J connectivity index is 1.20. The van der Waals surface area contributed by atoms with E-state index in [0.29, 0.717) is 47.8 Å². The fourth-order valence-electron chi connectivity index (χ4n) is 8.25. The molecule has 2 saturated carbocycles. The van der Waals surface area contributed by atoms with Gasteiger partial charge in [0.1, 0.15) is 41.7 Å². The molecule has 3 N–H and O–H groups in total. The normalized spacial score (nSPS) is 28.1. The predicted molar refractivity (Wildman–Crippen MR) is 178 cm³/mol. The molecule has 2 aliphatic rings. The van der Waals surface area contributed by atoms with E-state index in [1.165, 1.54) is 11.0 Å². The quantitative estimate of drug-likeness (QED) is 0.245. The van der Waals surface area contributed by atoms with E-state index >= 15 is 0 Å². The number of fused-ring (bicyclic) bond motifs is 2. The lowest BCUT2D eigenvalue weighted by molar-refractivity contribution is -0.177. The molecule has 0 bridgehead atoms. The molecule has 2 aliphatic carbocycles. The summed E-state index contributed by atoms with van der Waals surface area (Å²) in [5.41, 5.74) is 8.79. The first-order valence-electron chi connectivity index (χ1n) is 16.8. The molecule has 2 unspecified atom stereocenters. The maximum Gasteiger partial charge on any atom is 0.328 e. The van der Waals surface area contributed by atoms with Gasteiger partial charge in [-0.3, -0.25) is 9.59 Å². The van der Waals surface area contributed by atoms with Crippen LogP contribution in [0.4, 0.5) is 5.82 Å². The zero-order valence-electron chi connectivity index (χ0n) is 28.5. The molecule has 3 aromatic heterocycles. The van der Waals surface area contributed by atoms with Gasteiger partial charge in [0.15, 0.2) is 11.5 Å².